The average Bonchev–Trinajstić information content (AvgIpc) is 3.31. The number of hydrogen-bond acceptors (Lipinski definition) is 4. The first kappa shape index (κ1) is 24.4. The van der Waals surface area contributed by atoms with E-state index in [4.69, 9.17) is 0 Å². The molecule has 1 N–H and O–H groups in total. The summed E-state index contributed by atoms with van der Waals surface area (Å²) in [6, 6.07) is 23.9. The maximum atomic E-state index is 14.1. The monoisotopic (exact) mass is 490 g/mol. The van der Waals surface area contributed by atoms with Gasteiger partial charge in [-0.3, -0.25) is 9.69 Å². The van der Waals surface area contributed by atoms with Crippen LogP contribution in [0.4, 0.5) is 14.5 Å². The number of nitrogens with zero attached hydrogens (tertiary/aromatic N) is 3. The second-order valence-electron chi connectivity index (χ2n) is 9.63. The highest BCUT2D eigenvalue weighted by molar-refractivity contribution is 5.82. The number of piperazine rings is 1. The van der Waals surface area contributed by atoms with Gasteiger partial charge in [-0.05, 0) is 30.2 Å². The minimum atomic E-state index is -0.579. The van der Waals surface area contributed by atoms with Crippen molar-refractivity contribution in [2.24, 2.45) is 0 Å². The smallest absolute Gasteiger partial charge is 0.240 e. The number of nitrogens with one attached hydrogen (secondary N) is 1. The van der Waals surface area contributed by atoms with Gasteiger partial charge in [0.15, 0.2) is 0 Å². The van der Waals surface area contributed by atoms with E-state index in [1.54, 1.807) is 0 Å². The highest BCUT2D eigenvalue weighted by atomic mass is 19.1. The Morgan fingerprint density at radius 3 is 2.28 bits per heavy atom. The first-order valence-electron chi connectivity index (χ1n) is 12.6. The standard InChI is InChI=1S/C29H32F2N4O/c30-24-12-11-23(27(31)17-24)19-32-25-18-28(35(21-25)20-22-7-3-1-4-8-22)29(36)34-15-13-33(14-16-34)26-9-5-2-6-10-26/h1-12,17,25,28,32H,13-16,18-21H2. The molecule has 188 valence electrons. The third kappa shape index (κ3) is 5.74. The summed E-state index contributed by atoms with van der Waals surface area (Å²) in [6.45, 7) is 4.69. The highest BCUT2D eigenvalue weighted by Crippen LogP contribution is 2.25. The summed E-state index contributed by atoms with van der Waals surface area (Å²) in [7, 11) is 0. The van der Waals surface area contributed by atoms with Crippen LogP contribution in [0.25, 0.3) is 0 Å². The molecule has 2 heterocycles. The SMILES string of the molecule is O=C(C1CC(NCc2ccc(F)cc2F)CN1Cc1ccccc1)N1CCN(c2ccccc2)CC1. The number of likely N-dealkylation sites (tertiary alicyclic amines) is 1. The van der Waals surface area contributed by atoms with Gasteiger partial charge in [-0.15, -0.1) is 0 Å². The van der Waals surface area contributed by atoms with E-state index in [1.807, 2.05) is 41.3 Å². The number of halogens is 2. The summed E-state index contributed by atoms with van der Waals surface area (Å²) in [5, 5.41) is 3.41. The molecular weight excluding hydrogens is 458 g/mol. The number of benzene rings is 3. The second-order valence-corrected chi connectivity index (χ2v) is 9.63. The molecule has 0 radical (unpaired) electrons. The molecule has 3 aromatic rings. The van der Waals surface area contributed by atoms with Gasteiger partial charge in [-0.2, -0.15) is 0 Å². The topological polar surface area (TPSA) is 38.8 Å². The van der Waals surface area contributed by atoms with Gasteiger partial charge in [0.05, 0.1) is 6.04 Å². The molecule has 36 heavy (non-hydrogen) atoms. The van der Waals surface area contributed by atoms with Crippen LogP contribution in [0.2, 0.25) is 0 Å². The molecule has 0 aromatic heterocycles. The summed E-state index contributed by atoms with van der Waals surface area (Å²) >= 11 is 0. The Balaban J connectivity index is 1.24. The van der Waals surface area contributed by atoms with Gasteiger partial charge in [0.2, 0.25) is 5.91 Å². The normalized spacial score (nSPS) is 20.6. The van der Waals surface area contributed by atoms with E-state index in [9.17, 15) is 13.6 Å². The van der Waals surface area contributed by atoms with Gasteiger partial charge < -0.3 is 15.1 Å². The zero-order valence-corrected chi connectivity index (χ0v) is 20.3. The molecule has 1 amide bonds. The van der Waals surface area contributed by atoms with E-state index in [0.29, 0.717) is 44.7 Å². The molecule has 2 aliphatic rings. The van der Waals surface area contributed by atoms with Crippen LogP contribution < -0.4 is 10.2 Å². The maximum Gasteiger partial charge on any atom is 0.240 e. The van der Waals surface area contributed by atoms with Gasteiger partial charge >= 0.3 is 0 Å². The summed E-state index contributed by atoms with van der Waals surface area (Å²) in [5.74, 6) is -0.967. The van der Waals surface area contributed by atoms with E-state index in [0.717, 1.165) is 24.7 Å². The van der Waals surface area contributed by atoms with Crippen LogP contribution in [0.15, 0.2) is 78.9 Å². The predicted octanol–water partition coefficient (Wildman–Crippen LogP) is 4.05. The van der Waals surface area contributed by atoms with Crippen molar-refractivity contribution in [2.75, 3.05) is 37.6 Å². The Labute approximate surface area is 211 Å². The first-order chi connectivity index (χ1) is 17.6. The van der Waals surface area contributed by atoms with Crippen molar-refractivity contribution in [1.82, 2.24) is 15.1 Å². The van der Waals surface area contributed by atoms with Crippen LogP contribution in [0.5, 0.6) is 0 Å². The largest absolute Gasteiger partial charge is 0.368 e. The van der Waals surface area contributed by atoms with Crippen molar-refractivity contribution in [3.8, 4) is 0 Å². The molecule has 2 unspecified atom stereocenters. The van der Waals surface area contributed by atoms with Gasteiger partial charge in [-0.25, -0.2) is 8.78 Å². The van der Waals surface area contributed by atoms with Crippen molar-refractivity contribution in [3.63, 3.8) is 0 Å². The average molecular weight is 491 g/mol. The zero-order valence-electron chi connectivity index (χ0n) is 20.3. The minimum absolute atomic E-state index is 0.0396. The van der Waals surface area contributed by atoms with Gasteiger partial charge in [0.25, 0.3) is 0 Å². The van der Waals surface area contributed by atoms with E-state index in [1.165, 1.54) is 17.8 Å². The molecule has 2 saturated heterocycles. The van der Waals surface area contributed by atoms with Crippen molar-refractivity contribution in [2.45, 2.75) is 31.6 Å². The van der Waals surface area contributed by atoms with Gasteiger partial charge in [-0.1, -0.05) is 54.6 Å². The highest BCUT2D eigenvalue weighted by Gasteiger charge is 2.39. The molecule has 0 bridgehead atoms. The number of para-hydroxylation sites is 1. The molecule has 5 rings (SSSR count). The number of carbonyl (C=O) groups excluding carboxylic acids is 1. The number of anilines is 1. The number of rotatable bonds is 7. The van der Waals surface area contributed by atoms with Crippen molar-refractivity contribution < 1.29 is 13.6 Å². The molecule has 0 aliphatic carbocycles. The van der Waals surface area contributed by atoms with E-state index >= 15 is 0 Å². The third-order valence-electron chi connectivity index (χ3n) is 7.23. The Bertz CT molecular complexity index is 1150. The predicted molar refractivity (Wildman–Crippen MR) is 137 cm³/mol. The number of amides is 1. The molecular formula is C29H32F2N4O. The third-order valence-corrected chi connectivity index (χ3v) is 7.23. The van der Waals surface area contributed by atoms with Crippen LogP contribution in [0.3, 0.4) is 0 Å². The molecule has 7 heteroatoms. The van der Waals surface area contributed by atoms with Crippen molar-refractivity contribution >= 4 is 11.6 Å². The fourth-order valence-electron chi connectivity index (χ4n) is 5.25. The quantitative estimate of drug-likeness (QED) is 0.543. The van der Waals surface area contributed by atoms with E-state index in [-0.39, 0.29) is 18.0 Å². The summed E-state index contributed by atoms with van der Waals surface area (Å²) in [6.07, 6.45) is 0.660. The Morgan fingerprint density at radius 1 is 0.889 bits per heavy atom. The van der Waals surface area contributed by atoms with Crippen LogP contribution >= 0.6 is 0 Å². The lowest BCUT2D eigenvalue weighted by Gasteiger charge is -2.38. The second kappa shape index (κ2) is 11.2. The minimum Gasteiger partial charge on any atom is -0.368 e. The molecule has 2 aliphatic heterocycles. The Kier molecular flexibility index (Phi) is 7.58. The van der Waals surface area contributed by atoms with Crippen LogP contribution in [0, 0.1) is 11.6 Å². The number of hydrogen-bond donors (Lipinski definition) is 1. The Hall–Kier alpha value is -3.29. The molecule has 3 aromatic carbocycles. The van der Waals surface area contributed by atoms with Gasteiger partial charge in [0, 0.05) is 69.2 Å². The fraction of sp³-hybridized carbons (Fsp3) is 0.345. The van der Waals surface area contributed by atoms with Crippen molar-refractivity contribution in [3.05, 3.63) is 102 Å². The number of carbonyl (C=O) groups is 1. The lowest BCUT2D eigenvalue weighted by molar-refractivity contribution is -0.136. The van der Waals surface area contributed by atoms with E-state index < -0.39 is 11.6 Å². The van der Waals surface area contributed by atoms with Crippen molar-refractivity contribution in [1.29, 1.82) is 0 Å². The molecule has 5 nitrogen and oxygen atoms in total. The summed E-state index contributed by atoms with van der Waals surface area (Å²) in [5.41, 5.74) is 2.78. The fourth-order valence-corrected chi connectivity index (χ4v) is 5.25. The molecule has 2 fully saturated rings. The summed E-state index contributed by atoms with van der Waals surface area (Å²) < 4.78 is 27.4. The Morgan fingerprint density at radius 2 is 1.58 bits per heavy atom. The molecule has 2 atom stereocenters. The van der Waals surface area contributed by atoms with E-state index in [2.05, 4.69) is 39.4 Å². The molecule has 0 spiro atoms. The maximum absolute atomic E-state index is 14.1. The van der Waals surface area contributed by atoms with Gasteiger partial charge in [0.1, 0.15) is 11.6 Å². The van der Waals surface area contributed by atoms with Crippen LogP contribution in [0.1, 0.15) is 17.5 Å². The lowest BCUT2D eigenvalue weighted by Crippen LogP contribution is -2.53. The van der Waals surface area contributed by atoms with Crippen LogP contribution in [-0.4, -0.2) is 60.5 Å². The summed E-state index contributed by atoms with van der Waals surface area (Å²) in [4.78, 5) is 20.2. The zero-order chi connectivity index (χ0) is 24.9. The lowest BCUT2D eigenvalue weighted by atomic mass is 10.1. The van der Waals surface area contributed by atoms with Crippen LogP contribution in [-0.2, 0) is 17.9 Å². The first-order valence-corrected chi connectivity index (χ1v) is 12.6. The molecule has 0 saturated carbocycles.